The zero-order valence-electron chi connectivity index (χ0n) is 13.6. The molecule has 1 aromatic heterocycles. The second-order valence-electron chi connectivity index (χ2n) is 6.42. The molecule has 124 valence electrons. The first-order valence-electron chi connectivity index (χ1n) is 8.46. The topological polar surface area (TPSA) is 67.2 Å². The molecule has 2 atom stereocenters. The number of amides is 2. The van der Waals surface area contributed by atoms with Crippen LogP contribution in [0, 0.1) is 11.8 Å². The van der Waals surface area contributed by atoms with Crippen LogP contribution < -0.4 is 5.32 Å². The van der Waals surface area contributed by atoms with Crippen LogP contribution >= 0.6 is 0 Å². The first-order chi connectivity index (χ1) is 11.2. The zero-order chi connectivity index (χ0) is 16.2. The Bertz CT molecular complexity index is 591. The van der Waals surface area contributed by atoms with Crippen molar-refractivity contribution in [3.63, 3.8) is 0 Å². The highest BCUT2D eigenvalue weighted by molar-refractivity contribution is 6.39. The summed E-state index contributed by atoms with van der Waals surface area (Å²) < 4.78 is 1.74. The highest BCUT2D eigenvalue weighted by atomic mass is 16.2. The monoisotopic (exact) mass is 316 g/mol. The number of aromatic nitrogens is 2. The number of hydrogen-bond donors (Lipinski definition) is 1. The molecular weight excluding hydrogens is 292 g/mol. The van der Waals surface area contributed by atoms with E-state index in [2.05, 4.69) is 29.5 Å². The summed E-state index contributed by atoms with van der Waals surface area (Å²) in [7, 11) is 0. The van der Waals surface area contributed by atoms with Crippen LogP contribution in [0.1, 0.15) is 32.6 Å². The number of likely N-dealkylation sites (tertiary alicyclic amines) is 1. The van der Waals surface area contributed by atoms with Crippen molar-refractivity contribution in [3.05, 3.63) is 24.4 Å². The van der Waals surface area contributed by atoms with Gasteiger partial charge in [0.25, 0.3) is 0 Å². The summed E-state index contributed by atoms with van der Waals surface area (Å²) in [5.74, 6) is 0.617. The number of allylic oxidation sites excluding steroid dienone is 2. The average Bonchev–Trinajstić information content (AvgIpc) is 3.18. The minimum absolute atomic E-state index is 0.428. The molecule has 6 heteroatoms. The normalized spacial score (nSPS) is 22.9. The molecule has 1 aliphatic heterocycles. The first-order valence-corrected chi connectivity index (χ1v) is 8.46. The highest BCUT2D eigenvalue weighted by Crippen LogP contribution is 2.32. The molecule has 2 heterocycles. The number of nitrogens with one attached hydrogen (secondary N) is 1. The van der Waals surface area contributed by atoms with Gasteiger partial charge in [-0.2, -0.15) is 5.10 Å². The lowest BCUT2D eigenvalue weighted by Crippen LogP contribution is -2.38. The van der Waals surface area contributed by atoms with Crippen molar-refractivity contribution in [1.82, 2.24) is 14.7 Å². The number of nitrogens with zero attached hydrogens (tertiary/aromatic N) is 3. The molecule has 1 aromatic rings. The van der Waals surface area contributed by atoms with Crippen LogP contribution in [-0.2, 0) is 16.1 Å². The van der Waals surface area contributed by atoms with Crippen LogP contribution in [0.3, 0.4) is 0 Å². The van der Waals surface area contributed by atoms with E-state index < -0.39 is 11.8 Å². The van der Waals surface area contributed by atoms with Gasteiger partial charge in [0.1, 0.15) is 5.82 Å². The maximum absolute atomic E-state index is 12.4. The van der Waals surface area contributed by atoms with E-state index >= 15 is 0 Å². The predicted octanol–water partition coefficient (Wildman–Crippen LogP) is 2.05. The van der Waals surface area contributed by atoms with Crippen molar-refractivity contribution in [2.45, 2.75) is 39.2 Å². The van der Waals surface area contributed by atoms with Gasteiger partial charge >= 0.3 is 11.8 Å². The van der Waals surface area contributed by atoms with Crippen molar-refractivity contribution < 1.29 is 9.59 Å². The molecule has 1 saturated heterocycles. The Kier molecular flexibility index (Phi) is 4.79. The summed E-state index contributed by atoms with van der Waals surface area (Å²) in [5.41, 5.74) is 0. The van der Waals surface area contributed by atoms with Gasteiger partial charge in [0.15, 0.2) is 0 Å². The third-order valence-electron chi connectivity index (χ3n) is 4.78. The molecule has 0 radical (unpaired) electrons. The lowest BCUT2D eigenvalue weighted by atomic mass is 9.86. The van der Waals surface area contributed by atoms with Crippen molar-refractivity contribution in [2.75, 3.05) is 18.4 Å². The SMILES string of the molecule is CCCCn1nccc1NC(=O)C(=O)N1C[C@H]2CC=CC[C@@H]2C1. The second-order valence-corrected chi connectivity index (χ2v) is 6.42. The zero-order valence-corrected chi connectivity index (χ0v) is 13.6. The summed E-state index contributed by atoms with van der Waals surface area (Å²) in [6.45, 7) is 4.23. The smallest absolute Gasteiger partial charge is 0.315 e. The third kappa shape index (κ3) is 3.46. The minimum atomic E-state index is -0.560. The third-order valence-corrected chi connectivity index (χ3v) is 4.78. The van der Waals surface area contributed by atoms with Gasteiger partial charge < -0.3 is 10.2 Å². The Hall–Kier alpha value is -2.11. The summed E-state index contributed by atoms with van der Waals surface area (Å²) in [6.07, 6.45) is 10.1. The minimum Gasteiger partial charge on any atom is -0.334 e. The maximum atomic E-state index is 12.4. The first kappa shape index (κ1) is 15.8. The number of aryl methyl sites for hydroxylation is 1. The lowest BCUT2D eigenvalue weighted by Gasteiger charge is -2.17. The molecular formula is C17H24N4O2. The fourth-order valence-electron chi connectivity index (χ4n) is 3.42. The number of rotatable bonds is 4. The molecule has 3 rings (SSSR count). The Labute approximate surface area is 136 Å². The molecule has 1 N–H and O–H groups in total. The van der Waals surface area contributed by atoms with Crippen molar-refractivity contribution in [1.29, 1.82) is 0 Å². The van der Waals surface area contributed by atoms with Crippen LogP contribution in [0.15, 0.2) is 24.4 Å². The average molecular weight is 316 g/mol. The van der Waals surface area contributed by atoms with Gasteiger partial charge in [-0.25, -0.2) is 4.68 Å². The number of carbonyl (C=O) groups excluding carboxylic acids is 2. The molecule has 1 fully saturated rings. The summed E-state index contributed by atoms with van der Waals surface area (Å²) >= 11 is 0. The van der Waals surface area contributed by atoms with Crippen LogP contribution in [0.5, 0.6) is 0 Å². The molecule has 2 amide bonds. The van der Waals surface area contributed by atoms with E-state index in [1.54, 1.807) is 21.8 Å². The summed E-state index contributed by atoms with van der Waals surface area (Å²) in [6, 6.07) is 1.73. The Morgan fingerprint density at radius 2 is 1.96 bits per heavy atom. The fraction of sp³-hybridized carbons (Fsp3) is 0.588. The number of carbonyl (C=O) groups is 2. The van der Waals surface area contributed by atoms with Gasteiger partial charge in [0, 0.05) is 25.7 Å². The molecule has 0 spiro atoms. The summed E-state index contributed by atoms with van der Waals surface area (Å²) in [4.78, 5) is 26.4. The molecule has 6 nitrogen and oxygen atoms in total. The Morgan fingerprint density at radius 1 is 1.26 bits per heavy atom. The van der Waals surface area contributed by atoms with Crippen molar-refractivity contribution in [2.24, 2.45) is 11.8 Å². The van der Waals surface area contributed by atoms with Gasteiger partial charge in [-0.05, 0) is 31.1 Å². The van der Waals surface area contributed by atoms with Gasteiger partial charge in [-0.15, -0.1) is 0 Å². The number of unbranched alkanes of at least 4 members (excludes halogenated alkanes) is 1. The molecule has 2 aliphatic rings. The van der Waals surface area contributed by atoms with Gasteiger partial charge in [-0.3, -0.25) is 9.59 Å². The maximum Gasteiger partial charge on any atom is 0.315 e. The van der Waals surface area contributed by atoms with E-state index in [0.29, 0.717) is 30.7 Å². The molecule has 0 unspecified atom stereocenters. The van der Waals surface area contributed by atoms with Gasteiger partial charge in [0.05, 0.1) is 6.20 Å². The molecule has 0 aromatic carbocycles. The standard InChI is InChI=1S/C17H24N4O2/c1-2-3-10-21-15(8-9-18-21)19-16(22)17(23)20-11-13-6-4-5-7-14(13)12-20/h4-5,8-9,13-14H,2-3,6-7,10-12H2,1H3,(H,19,22)/t13-,14-/m1/s1. The van der Waals surface area contributed by atoms with E-state index in [1.165, 1.54) is 0 Å². The number of anilines is 1. The lowest BCUT2D eigenvalue weighted by molar-refractivity contribution is -0.142. The molecule has 23 heavy (non-hydrogen) atoms. The fourth-order valence-corrected chi connectivity index (χ4v) is 3.42. The quantitative estimate of drug-likeness (QED) is 0.683. The van der Waals surface area contributed by atoms with Gasteiger partial charge in [0.2, 0.25) is 0 Å². The van der Waals surface area contributed by atoms with Crippen LogP contribution in [0.4, 0.5) is 5.82 Å². The number of hydrogen-bond acceptors (Lipinski definition) is 3. The van der Waals surface area contributed by atoms with Crippen LogP contribution in [0.25, 0.3) is 0 Å². The predicted molar refractivity (Wildman–Crippen MR) is 87.7 cm³/mol. The largest absolute Gasteiger partial charge is 0.334 e. The second kappa shape index (κ2) is 6.98. The van der Waals surface area contributed by atoms with Crippen molar-refractivity contribution in [3.8, 4) is 0 Å². The summed E-state index contributed by atoms with van der Waals surface area (Å²) in [5, 5.41) is 6.90. The Morgan fingerprint density at radius 3 is 2.61 bits per heavy atom. The van der Waals surface area contributed by atoms with E-state index in [9.17, 15) is 9.59 Å². The van der Waals surface area contributed by atoms with E-state index in [1.807, 2.05) is 0 Å². The molecule has 0 saturated carbocycles. The van der Waals surface area contributed by atoms with E-state index in [4.69, 9.17) is 0 Å². The van der Waals surface area contributed by atoms with E-state index in [0.717, 1.165) is 32.2 Å². The Balaban J connectivity index is 1.58. The molecule has 1 aliphatic carbocycles. The highest BCUT2D eigenvalue weighted by Gasteiger charge is 2.37. The number of fused-ring (bicyclic) bond motifs is 1. The molecule has 0 bridgehead atoms. The van der Waals surface area contributed by atoms with Crippen LogP contribution in [-0.4, -0.2) is 39.6 Å². The van der Waals surface area contributed by atoms with Crippen molar-refractivity contribution >= 4 is 17.6 Å². The van der Waals surface area contributed by atoms with Gasteiger partial charge in [-0.1, -0.05) is 25.5 Å². The van der Waals surface area contributed by atoms with Crippen LogP contribution in [0.2, 0.25) is 0 Å². The van der Waals surface area contributed by atoms with E-state index in [-0.39, 0.29) is 0 Å².